The van der Waals surface area contributed by atoms with Gasteiger partial charge in [-0.2, -0.15) is 0 Å². The van der Waals surface area contributed by atoms with Crippen LogP contribution >= 0.6 is 0 Å². The number of rotatable bonds is 4. The van der Waals surface area contributed by atoms with Gasteiger partial charge >= 0.3 is 17.9 Å². The minimum Gasteiger partial charge on any atom is -0.478 e. The van der Waals surface area contributed by atoms with E-state index in [0.29, 0.717) is 18.8 Å². The van der Waals surface area contributed by atoms with Gasteiger partial charge in [-0.3, -0.25) is 0 Å². The highest BCUT2D eigenvalue weighted by Crippen LogP contribution is 1.74. The summed E-state index contributed by atoms with van der Waals surface area (Å²) in [5.41, 5.74) is 0. The summed E-state index contributed by atoms with van der Waals surface area (Å²) in [6.07, 6.45) is 2.26. The monoisotopic (exact) mass is 216 g/mol. The highest BCUT2D eigenvalue weighted by molar-refractivity contribution is 5.89. The third-order valence-electron chi connectivity index (χ3n) is 0.822. The molecule has 6 heteroatoms. The van der Waals surface area contributed by atoms with Gasteiger partial charge in [-0.25, -0.2) is 14.4 Å². The molecule has 0 aliphatic heterocycles. The molecule has 0 aliphatic carbocycles. The summed E-state index contributed by atoms with van der Waals surface area (Å²) in [5, 5.41) is 15.6. The van der Waals surface area contributed by atoms with Crippen LogP contribution in [0.4, 0.5) is 0 Å². The molecule has 15 heavy (non-hydrogen) atoms. The molecule has 0 fully saturated rings. The van der Waals surface area contributed by atoms with E-state index in [4.69, 9.17) is 10.2 Å². The number of hydrogen-bond acceptors (Lipinski definition) is 4. The normalized spacial score (nSPS) is 8.60. The van der Waals surface area contributed by atoms with Gasteiger partial charge in [0.15, 0.2) is 0 Å². The van der Waals surface area contributed by atoms with Crippen molar-refractivity contribution < 1.29 is 29.3 Å². The molecule has 2 N–H and O–H groups in total. The van der Waals surface area contributed by atoms with Gasteiger partial charge in [0.25, 0.3) is 0 Å². The lowest BCUT2D eigenvalue weighted by Gasteiger charge is -1.90. The van der Waals surface area contributed by atoms with Crippen molar-refractivity contribution in [1.82, 2.24) is 0 Å². The van der Waals surface area contributed by atoms with Gasteiger partial charge in [-0.05, 0) is 6.92 Å². The largest absolute Gasteiger partial charge is 0.478 e. The van der Waals surface area contributed by atoms with E-state index in [0.717, 1.165) is 6.08 Å². The fourth-order valence-electron chi connectivity index (χ4n) is 0.344. The van der Waals surface area contributed by atoms with Gasteiger partial charge in [0, 0.05) is 18.2 Å². The first-order chi connectivity index (χ1) is 6.93. The molecule has 0 amide bonds. The molecule has 0 saturated heterocycles. The van der Waals surface area contributed by atoms with E-state index in [9.17, 15) is 14.4 Å². The maximum absolute atomic E-state index is 10.1. The first-order valence-corrected chi connectivity index (χ1v) is 3.87. The lowest BCUT2D eigenvalue weighted by Crippen LogP contribution is -1.97. The van der Waals surface area contributed by atoms with Crippen molar-refractivity contribution in [3.05, 3.63) is 24.8 Å². The van der Waals surface area contributed by atoms with Crippen molar-refractivity contribution in [3.63, 3.8) is 0 Å². The van der Waals surface area contributed by atoms with Gasteiger partial charge in [-0.15, -0.1) is 0 Å². The number of carbonyl (C=O) groups excluding carboxylic acids is 1. The SMILES string of the molecule is C=CC(=O)OCC.O=C(O)/C=C/C(=O)O. The van der Waals surface area contributed by atoms with Crippen molar-refractivity contribution in [2.24, 2.45) is 0 Å². The quantitative estimate of drug-likeness (QED) is 0.522. The molecule has 0 unspecified atom stereocenters. The van der Waals surface area contributed by atoms with E-state index in [1.54, 1.807) is 6.92 Å². The first-order valence-electron chi connectivity index (χ1n) is 3.87. The van der Waals surface area contributed by atoms with Crippen LogP contribution in [0, 0.1) is 0 Å². The Bertz CT molecular complexity index is 250. The third-order valence-corrected chi connectivity index (χ3v) is 0.822. The Balaban J connectivity index is 0. The van der Waals surface area contributed by atoms with E-state index < -0.39 is 11.9 Å². The molecule has 0 aromatic rings. The van der Waals surface area contributed by atoms with Crippen molar-refractivity contribution in [2.75, 3.05) is 6.61 Å². The van der Waals surface area contributed by atoms with Gasteiger partial charge in [0.2, 0.25) is 0 Å². The summed E-state index contributed by atoms with van der Waals surface area (Å²) in [6, 6.07) is 0. The second kappa shape index (κ2) is 9.97. The van der Waals surface area contributed by atoms with Crippen LogP contribution in [0.25, 0.3) is 0 Å². The Labute approximate surface area is 86.5 Å². The number of carbonyl (C=O) groups is 3. The predicted molar refractivity (Wildman–Crippen MR) is 51.2 cm³/mol. The number of esters is 1. The minimum absolute atomic E-state index is 0.359. The number of ether oxygens (including phenoxy) is 1. The average molecular weight is 216 g/mol. The van der Waals surface area contributed by atoms with E-state index in [1.165, 1.54) is 0 Å². The van der Waals surface area contributed by atoms with E-state index in [1.807, 2.05) is 0 Å². The standard InChI is InChI=1S/C5H8O2.C4H4O4/c1-3-5(6)7-4-2;5-3(6)1-2-4(7)8/h3H,1,4H2,2H3;1-2H,(H,5,6)(H,7,8)/b;2-1+. The maximum Gasteiger partial charge on any atom is 0.330 e. The predicted octanol–water partition coefficient (Wildman–Crippen LogP) is 0.447. The van der Waals surface area contributed by atoms with Crippen LogP contribution in [0.15, 0.2) is 24.8 Å². The minimum atomic E-state index is -1.26. The topological polar surface area (TPSA) is 101 Å². The van der Waals surface area contributed by atoms with Crippen molar-refractivity contribution >= 4 is 17.9 Å². The van der Waals surface area contributed by atoms with Crippen molar-refractivity contribution in [2.45, 2.75) is 6.92 Å². The lowest BCUT2D eigenvalue weighted by atomic mass is 10.5. The number of carboxylic acid groups (broad SMARTS) is 2. The molecular formula is C9H12O6. The smallest absolute Gasteiger partial charge is 0.330 e. The molecule has 6 nitrogen and oxygen atoms in total. The molecular weight excluding hydrogens is 204 g/mol. The molecule has 0 aliphatic rings. The van der Waals surface area contributed by atoms with E-state index >= 15 is 0 Å². The molecule has 0 radical (unpaired) electrons. The van der Waals surface area contributed by atoms with Crippen LogP contribution in [0.5, 0.6) is 0 Å². The molecule has 0 spiro atoms. The summed E-state index contributed by atoms with van der Waals surface area (Å²) in [7, 11) is 0. The third kappa shape index (κ3) is 18.7. The number of carboxylic acids is 2. The lowest BCUT2D eigenvalue weighted by molar-refractivity contribution is -0.137. The molecule has 0 aromatic heterocycles. The molecule has 0 saturated carbocycles. The van der Waals surface area contributed by atoms with Crippen LogP contribution in [0.2, 0.25) is 0 Å². The molecule has 84 valence electrons. The van der Waals surface area contributed by atoms with Crippen LogP contribution < -0.4 is 0 Å². The number of hydrogen-bond donors (Lipinski definition) is 2. The average Bonchev–Trinajstić information content (AvgIpc) is 2.16. The Kier molecular flexibility index (Phi) is 10.2. The zero-order valence-electron chi connectivity index (χ0n) is 8.17. The van der Waals surface area contributed by atoms with Crippen molar-refractivity contribution in [3.8, 4) is 0 Å². The van der Waals surface area contributed by atoms with Crippen LogP contribution in [-0.4, -0.2) is 34.7 Å². The van der Waals surface area contributed by atoms with E-state index in [2.05, 4.69) is 11.3 Å². The van der Waals surface area contributed by atoms with Crippen LogP contribution in [0.1, 0.15) is 6.92 Å². The Morgan fingerprint density at radius 1 is 1.20 bits per heavy atom. The van der Waals surface area contributed by atoms with Gasteiger partial charge in [0.05, 0.1) is 6.61 Å². The Hall–Kier alpha value is -2.11. The van der Waals surface area contributed by atoms with Gasteiger partial charge in [0.1, 0.15) is 0 Å². The fraction of sp³-hybridized carbons (Fsp3) is 0.222. The first kappa shape index (κ1) is 15.4. The Morgan fingerprint density at radius 3 is 1.73 bits per heavy atom. The molecule has 0 bridgehead atoms. The van der Waals surface area contributed by atoms with E-state index in [-0.39, 0.29) is 5.97 Å². The molecule has 0 aromatic carbocycles. The highest BCUT2D eigenvalue weighted by Gasteiger charge is 1.88. The fourth-order valence-corrected chi connectivity index (χ4v) is 0.344. The summed E-state index contributed by atoms with van der Waals surface area (Å²) in [5.74, 6) is -2.87. The highest BCUT2D eigenvalue weighted by atomic mass is 16.5. The number of aliphatic carboxylic acids is 2. The second-order valence-electron chi connectivity index (χ2n) is 1.97. The summed E-state index contributed by atoms with van der Waals surface area (Å²) >= 11 is 0. The van der Waals surface area contributed by atoms with Crippen LogP contribution in [0.3, 0.4) is 0 Å². The zero-order chi connectivity index (χ0) is 12.3. The van der Waals surface area contributed by atoms with Gasteiger partial charge in [-0.1, -0.05) is 6.58 Å². The second-order valence-corrected chi connectivity index (χ2v) is 1.97. The summed E-state index contributed by atoms with van der Waals surface area (Å²) < 4.78 is 4.43. The summed E-state index contributed by atoms with van der Waals surface area (Å²) in [6.45, 7) is 5.38. The zero-order valence-corrected chi connectivity index (χ0v) is 8.17. The molecule has 0 atom stereocenters. The Morgan fingerprint density at radius 2 is 1.60 bits per heavy atom. The molecule has 0 heterocycles. The van der Waals surface area contributed by atoms with Crippen molar-refractivity contribution in [1.29, 1.82) is 0 Å². The maximum atomic E-state index is 10.1. The summed E-state index contributed by atoms with van der Waals surface area (Å²) in [4.78, 5) is 29.2. The van der Waals surface area contributed by atoms with Crippen LogP contribution in [-0.2, 0) is 19.1 Å². The molecule has 0 rings (SSSR count). The van der Waals surface area contributed by atoms with Gasteiger partial charge < -0.3 is 14.9 Å².